The normalized spacial score (nSPS) is 10.5. The monoisotopic (exact) mass is 484 g/mol. The summed E-state index contributed by atoms with van der Waals surface area (Å²) in [6.07, 6.45) is 3.47. The highest BCUT2D eigenvalue weighted by atomic mass is 79.9. The van der Waals surface area contributed by atoms with E-state index in [0.29, 0.717) is 36.8 Å². The molecule has 3 aromatic rings. The van der Waals surface area contributed by atoms with E-state index in [2.05, 4.69) is 20.9 Å². The number of benzene rings is 2. The number of amides is 1. The molecule has 0 aliphatic rings. The second-order valence-corrected chi connectivity index (χ2v) is 7.78. The Labute approximate surface area is 190 Å². The van der Waals surface area contributed by atoms with Gasteiger partial charge in [-0.2, -0.15) is 0 Å². The maximum atomic E-state index is 13.0. The minimum Gasteiger partial charge on any atom is -0.496 e. The van der Waals surface area contributed by atoms with Crippen LogP contribution in [0.15, 0.2) is 65.4 Å². The van der Waals surface area contributed by atoms with Crippen LogP contribution in [0.5, 0.6) is 17.2 Å². The molecule has 0 saturated carbocycles. The van der Waals surface area contributed by atoms with E-state index in [0.717, 1.165) is 21.3 Å². The Hall–Kier alpha value is -3.06. The fourth-order valence-electron chi connectivity index (χ4n) is 3.09. The molecule has 0 saturated heterocycles. The van der Waals surface area contributed by atoms with Gasteiger partial charge >= 0.3 is 0 Å². The second-order valence-electron chi connectivity index (χ2n) is 6.86. The highest BCUT2D eigenvalue weighted by Crippen LogP contribution is 2.30. The molecule has 6 nitrogen and oxygen atoms in total. The van der Waals surface area contributed by atoms with Crippen molar-refractivity contribution in [2.75, 3.05) is 20.8 Å². The summed E-state index contributed by atoms with van der Waals surface area (Å²) in [5.41, 5.74) is 2.38. The largest absolute Gasteiger partial charge is 0.496 e. The molecule has 0 bridgehead atoms. The first kappa shape index (κ1) is 22.6. The first-order valence-corrected chi connectivity index (χ1v) is 10.7. The second kappa shape index (κ2) is 10.8. The lowest BCUT2D eigenvalue weighted by atomic mass is 10.1. The third-order valence-corrected chi connectivity index (χ3v) is 5.10. The summed E-state index contributed by atoms with van der Waals surface area (Å²) in [6, 6.07) is 14.8. The molecule has 3 rings (SSSR count). The lowest BCUT2D eigenvalue weighted by Crippen LogP contribution is -2.26. The summed E-state index contributed by atoms with van der Waals surface area (Å²) in [5, 5.41) is 0. The molecule has 1 heterocycles. The Kier molecular flexibility index (Phi) is 7.89. The molecule has 1 aromatic heterocycles. The van der Waals surface area contributed by atoms with Crippen LogP contribution in [0.2, 0.25) is 0 Å². The predicted molar refractivity (Wildman–Crippen MR) is 123 cm³/mol. The predicted octanol–water partition coefficient (Wildman–Crippen LogP) is 5.10. The van der Waals surface area contributed by atoms with Crippen LogP contribution in [0, 0.1) is 0 Å². The van der Waals surface area contributed by atoms with E-state index >= 15 is 0 Å². The maximum Gasteiger partial charge on any atom is 0.254 e. The Morgan fingerprint density at radius 2 is 1.87 bits per heavy atom. The highest BCUT2D eigenvalue weighted by molar-refractivity contribution is 9.10. The molecule has 1 amide bonds. The topological polar surface area (TPSA) is 60.9 Å². The van der Waals surface area contributed by atoms with E-state index < -0.39 is 0 Å². The van der Waals surface area contributed by atoms with Gasteiger partial charge in [-0.3, -0.25) is 9.78 Å². The standard InChI is InChI=1S/C24H25BrN2O4/c1-4-30-23-13-18(7-9-22(23)31-16-17-6-5-11-26-14-17)24(28)27(2)15-19-12-20(25)8-10-21(19)29-3/h5-14H,4,15-16H2,1-3H3. The van der Waals surface area contributed by atoms with Gasteiger partial charge in [0, 0.05) is 47.1 Å². The number of methoxy groups -OCH3 is 1. The first-order chi connectivity index (χ1) is 15.0. The molecule has 162 valence electrons. The molecular weight excluding hydrogens is 460 g/mol. The number of carbonyl (C=O) groups excluding carboxylic acids is 1. The van der Waals surface area contributed by atoms with Crippen molar-refractivity contribution in [3.8, 4) is 17.2 Å². The van der Waals surface area contributed by atoms with Gasteiger partial charge in [0.2, 0.25) is 0 Å². The lowest BCUT2D eigenvalue weighted by molar-refractivity contribution is 0.0783. The van der Waals surface area contributed by atoms with E-state index in [1.54, 1.807) is 49.7 Å². The number of pyridine rings is 1. The number of hydrogen-bond donors (Lipinski definition) is 0. The summed E-state index contributed by atoms with van der Waals surface area (Å²) >= 11 is 3.47. The van der Waals surface area contributed by atoms with Gasteiger partial charge in [0.05, 0.1) is 13.7 Å². The molecule has 2 aromatic carbocycles. The van der Waals surface area contributed by atoms with E-state index in [9.17, 15) is 4.79 Å². The third kappa shape index (κ3) is 5.98. The van der Waals surface area contributed by atoms with Gasteiger partial charge in [-0.05, 0) is 49.4 Å². The minimum absolute atomic E-state index is 0.123. The Bertz CT molecular complexity index is 1030. The Morgan fingerprint density at radius 1 is 1.06 bits per heavy atom. The van der Waals surface area contributed by atoms with Crippen molar-refractivity contribution < 1.29 is 19.0 Å². The van der Waals surface area contributed by atoms with Crippen molar-refractivity contribution in [1.82, 2.24) is 9.88 Å². The molecule has 0 fully saturated rings. The molecule has 0 unspecified atom stereocenters. The summed E-state index contributed by atoms with van der Waals surface area (Å²) in [4.78, 5) is 18.8. The summed E-state index contributed by atoms with van der Waals surface area (Å²) in [5.74, 6) is 1.73. The van der Waals surface area contributed by atoms with Crippen molar-refractivity contribution in [3.05, 3.63) is 82.1 Å². The van der Waals surface area contributed by atoms with Crippen LogP contribution in [0.3, 0.4) is 0 Å². The van der Waals surface area contributed by atoms with E-state index in [1.807, 2.05) is 37.3 Å². The third-order valence-electron chi connectivity index (χ3n) is 4.60. The van der Waals surface area contributed by atoms with E-state index in [4.69, 9.17) is 14.2 Å². The number of carbonyl (C=O) groups is 1. The number of hydrogen-bond acceptors (Lipinski definition) is 5. The van der Waals surface area contributed by atoms with Crippen LogP contribution in [0.4, 0.5) is 0 Å². The lowest BCUT2D eigenvalue weighted by Gasteiger charge is -2.20. The molecular formula is C24H25BrN2O4. The van der Waals surface area contributed by atoms with Crippen molar-refractivity contribution in [3.63, 3.8) is 0 Å². The van der Waals surface area contributed by atoms with Gasteiger partial charge in [0.15, 0.2) is 11.5 Å². The minimum atomic E-state index is -0.123. The molecule has 0 N–H and O–H groups in total. The average molecular weight is 485 g/mol. The summed E-state index contributed by atoms with van der Waals surface area (Å²) in [7, 11) is 3.38. The zero-order valence-electron chi connectivity index (χ0n) is 17.8. The number of nitrogens with zero attached hydrogens (tertiary/aromatic N) is 2. The van der Waals surface area contributed by atoms with Gasteiger partial charge in [0.25, 0.3) is 5.91 Å². The van der Waals surface area contributed by atoms with Crippen molar-refractivity contribution >= 4 is 21.8 Å². The molecule has 0 atom stereocenters. The number of halogens is 1. The molecule has 0 spiro atoms. The summed E-state index contributed by atoms with van der Waals surface area (Å²) in [6.45, 7) is 3.13. The Morgan fingerprint density at radius 3 is 2.58 bits per heavy atom. The average Bonchev–Trinajstić information content (AvgIpc) is 2.78. The summed E-state index contributed by atoms with van der Waals surface area (Å²) < 4.78 is 18.0. The van der Waals surface area contributed by atoms with Crippen LogP contribution < -0.4 is 14.2 Å². The zero-order chi connectivity index (χ0) is 22.2. The van der Waals surface area contributed by atoms with Crippen molar-refractivity contribution in [2.45, 2.75) is 20.1 Å². The number of ether oxygens (including phenoxy) is 3. The Balaban J connectivity index is 1.76. The fourth-order valence-corrected chi connectivity index (χ4v) is 3.50. The van der Waals surface area contributed by atoms with Gasteiger partial charge in [-0.1, -0.05) is 22.0 Å². The van der Waals surface area contributed by atoms with E-state index in [-0.39, 0.29) is 5.91 Å². The quantitative estimate of drug-likeness (QED) is 0.422. The van der Waals surface area contributed by atoms with E-state index in [1.165, 1.54) is 0 Å². The van der Waals surface area contributed by atoms with Gasteiger partial charge < -0.3 is 19.1 Å². The zero-order valence-corrected chi connectivity index (χ0v) is 19.4. The van der Waals surface area contributed by atoms with Crippen LogP contribution >= 0.6 is 15.9 Å². The number of aromatic nitrogens is 1. The molecule has 31 heavy (non-hydrogen) atoms. The fraction of sp³-hybridized carbons (Fsp3) is 0.250. The van der Waals surface area contributed by atoms with Crippen LogP contribution in [-0.4, -0.2) is 36.6 Å². The molecule has 0 aliphatic heterocycles. The van der Waals surface area contributed by atoms with Gasteiger partial charge in [-0.15, -0.1) is 0 Å². The maximum absolute atomic E-state index is 13.0. The van der Waals surface area contributed by atoms with Crippen molar-refractivity contribution in [1.29, 1.82) is 0 Å². The first-order valence-electron chi connectivity index (χ1n) is 9.88. The van der Waals surface area contributed by atoms with Gasteiger partial charge in [0.1, 0.15) is 12.4 Å². The molecule has 0 aliphatic carbocycles. The van der Waals surface area contributed by atoms with Crippen molar-refractivity contribution in [2.24, 2.45) is 0 Å². The highest BCUT2D eigenvalue weighted by Gasteiger charge is 2.17. The van der Waals surface area contributed by atoms with Gasteiger partial charge in [-0.25, -0.2) is 0 Å². The van der Waals surface area contributed by atoms with Crippen LogP contribution in [0.1, 0.15) is 28.4 Å². The molecule has 0 radical (unpaired) electrons. The van der Waals surface area contributed by atoms with Crippen LogP contribution in [0.25, 0.3) is 0 Å². The number of rotatable bonds is 9. The molecule has 7 heteroatoms. The SMILES string of the molecule is CCOc1cc(C(=O)N(C)Cc2cc(Br)ccc2OC)ccc1OCc1cccnc1. The smallest absolute Gasteiger partial charge is 0.254 e. The van der Waals surface area contributed by atoms with Crippen LogP contribution in [-0.2, 0) is 13.2 Å².